The van der Waals surface area contributed by atoms with Crippen molar-refractivity contribution in [3.05, 3.63) is 83.9 Å². The maximum absolute atomic E-state index is 13.1. The quantitative estimate of drug-likeness (QED) is 0.504. The van der Waals surface area contributed by atoms with Crippen molar-refractivity contribution in [1.82, 2.24) is 14.4 Å². The van der Waals surface area contributed by atoms with E-state index in [1.807, 2.05) is 0 Å². The minimum atomic E-state index is -4.81. The summed E-state index contributed by atoms with van der Waals surface area (Å²) in [5.41, 5.74) is 0.910. The summed E-state index contributed by atoms with van der Waals surface area (Å²) in [7, 11) is 0. The predicted molar refractivity (Wildman–Crippen MR) is 124 cm³/mol. The number of carbonyl (C=O) groups is 3. The maximum Gasteiger partial charge on any atom is 0.573 e. The molecule has 1 aromatic heterocycles. The molecule has 0 aliphatic carbocycles. The number of hydrogen-bond donors (Lipinski definition) is 1. The van der Waals surface area contributed by atoms with Crippen LogP contribution in [-0.2, 0) is 11.3 Å². The number of piperazine rings is 1. The summed E-state index contributed by atoms with van der Waals surface area (Å²) in [4.78, 5) is 41.4. The van der Waals surface area contributed by atoms with E-state index in [0.717, 1.165) is 12.1 Å². The van der Waals surface area contributed by atoms with Gasteiger partial charge in [0.15, 0.2) is 0 Å². The summed E-state index contributed by atoms with van der Waals surface area (Å²) in [6, 6.07) is 13.2. The molecule has 2 heterocycles. The number of alkyl halides is 3. The zero-order chi connectivity index (χ0) is 26.6. The van der Waals surface area contributed by atoms with Gasteiger partial charge in [0.1, 0.15) is 23.8 Å². The number of aromatic nitrogens is 1. The van der Waals surface area contributed by atoms with Gasteiger partial charge in [-0.25, -0.2) is 4.39 Å². The van der Waals surface area contributed by atoms with Crippen LogP contribution in [0.5, 0.6) is 5.75 Å². The van der Waals surface area contributed by atoms with Gasteiger partial charge in [-0.05, 0) is 60.7 Å². The Kier molecular flexibility index (Phi) is 7.46. The van der Waals surface area contributed by atoms with E-state index in [2.05, 4.69) is 10.1 Å². The molecule has 1 saturated heterocycles. The first-order chi connectivity index (χ1) is 17.6. The Hall–Kier alpha value is -4.35. The molecule has 194 valence electrons. The average Bonchev–Trinajstić information content (AvgIpc) is 3.32. The second-order valence-corrected chi connectivity index (χ2v) is 8.23. The van der Waals surface area contributed by atoms with Crippen molar-refractivity contribution in [2.75, 3.05) is 31.5 Å². The van der Waals surface area contributed by atoms with Gasteiger partial charge in [-0.1, -0.05) is 0 Å². The van der Waals surface area contributed by atoms with Crippen molar-refractivity contribution in [3.63, 3.8) is 0 Å². The molecule has 1 aliphatic heterocycles. The molecule has 1 fully saturated rings. The molecule has 3 amide bonds. The number of nitrogens with one attached hydrogen (secondary N) is 1. The van der Waals surface area contributed by atoms with Crippen molar-refractivity contribution in [3.8, 4) is 5.75 Å². The summed E-state index contributed by atoms with van der Waals surface area (Å²) < 4.78 is 55.2. The lowest BCUT2D eigenvalue weighted by atomic mass is 10.1. The van der Waals surface area contributed by atoms with E-state index in [1.165, 1.54) is 41.0 Å². The van der Waals surface area contributed by atoms with Crippen LogP contribution in [0, 0.1) is 5.82 Å². The topological polar surface area (TPSA) is 83.9 Å². The third-order valence-corrected chi connectivity index (χ3v) is 5.68. The van der Waals surface area contributed by atoms with Crippen molar-refractivity contribution in [1.29, 1.82) is 0 Å². The summed E-state index contributed by atoms with van der Waals surface area (Å²) in [6.45, 7) is 0.983. The van der Waals surface area contributed by atoms with E-state index in [-0.39, 0.29) is 42.8 Å². The molecule has 1 aliphatic rings. The van der Waals surface area contributed by atoms with Crippen LogP contribution in [-0.4, -0.2) is 64.6 Å². The number of nitrogens with zero attached hydrogens (tertiary/aromatic N) is 3. The second-order valence-electron chi connectivity index (χ2n) is 8.23. The smallest absolute Gasteiger partial charge is 0.406 e. The van der Waals surface area contributed by atoms with Crippen molar-refractivity contribution in [2.45, 2.75) is 12.9 Å². The minimum absolute atomic E-state index is 0.197. The number of rotatable bonds is 6. The third kappa shape index (κ3) is 6.66. The molecule has 1 N–H and O–H groups in total. The normalized spacial score (nSPS) is 13.8. The molecule has 37 heavy (non-hydrogen) atoms. The number of hydrogen-bond acceptors (Lipinski definition) is 4. The van der Waals surface area contributed by atoms with Crippen molar-refractivity contribution >= 4 is 23.4 Å². The van der Waals surface area contributed by atoms with Gasteiger partial charge in [-0.3, -0.25) is 14.4 Å². The highest BCUT2D eigenvalue weighted by molar-refractivity contribution is 5.96. The second kappa shape index (κ2) is 10.7. The highest BCUT2D eigenvalue weighted by Crippen LogP contribution is 2.24. The Labute approximate surface area is 209 Å². The SMILES string of the molecule is O=C(Cn1cccc1C(=O)N1CCN(C(=O)c2ccc(F)cc2)CC1)Nc1ccc(OC(F)(F)F)cc1. The predicted octanol–water partition coefficient (Wildman–Crippen LogP) is 3.76. The van der Waals surface area contributed by atoms with Crippen molar-refractivity contribution in [2.24, 2.45) is 0 Å². The fraction of sp³-hybridized carbons (Fsp3) is 0.240. The molecule has 0 saturated carbocycles. The van der Waals surface area contributed by atoms with Crippen LogP contribution in [0.3, 0.4) is 0 Å². The minimum Gasteiger partial charge on any atom is -0.406 e. The number of benzene rings is 2. The summed E-state index contributed by atoms with van der Waals surface area (Å²) >= 11 is 0. The Morgan fingerprint density at radius 1 is 0.838 bits per heavy atom. The first-order valence-electron chi connectivity index (χ1n) is 11.2. The highest BCUT2D eigenvalue weighted by Gasteiger charge is 2.31. The lowest BCUT2D eigenvalue weighted by molar-refractivity contribution is -0.274. The van der Waals surface area contributed by atoms with Gasteiger partial charge in [0.2, 0.25) is 5.91 Å². The molecular weight excluding hydrogens is 496 g/mol. The number of carbonyl (C=O) groups excluding carboxylic acids is 3. The number of anilines is 1. The Bertz CT molecular complexity index is 1270. The van der Waals surface area contributed by atoms with Gasteiger partial charge in [0, 0.05) is 43.6 Å². The molecule has 4 rings (SSSR count). The standard InChI is InChI=1S/C25H22F4N4O4/c26-18-5-3-17(4-6-18)23(35)31-12-14-32(15-13-31)24(36)21-2-1-11-33(21)16-22(34)30-19-7-9-20(10-8-19)37-25(27,28)29/h1-11H,12-16H2,(H,30,34). The zero-order valence-corrected chi connectivity index (χ0v) is 19.4. The van der Waals surface area contributed by atoms with Crippen LogP contribution in [0.4, 0.5) is 23.2 Å². The molecule has 0 bridgehead atoms. The van der Waals surface area contributed by atoms with E-state index in [1.54, 1.807) is 28.1 Å². The summed E-state index contributed by atoms with van der Waals surface area (Å²) in [5.74, 6) is -1.88. The zero-order valence-electron chi connectivity index (χ0n) is 19.4. The van der Waals surface area contributed by atoms with E-state index in [0.29, 0.717) is 18.7 Å². The van der Waals surface area contributed by atoms with Crippen LogP contribution in [0.15, 0.2) is 66.9 Å². The third-order valence-electron chi connectivity index (χ3n) is 5.68. The highest BCUT2D eigenvalue weighted by atomic mass is 19.4. The Morgan fingerprint density at radius 3 is 2.03 bits per heavy atom. The van der Waals surface area contributed by atoms with Gasteiger partial charge in [-0.2, -0.15) is 0 Å². The van der Waals surface area contributed by atoms with Crippen LogP contribution >= 0.6 is 0 Å². The molecule has 0 atom stereocenters. The average molecular weight is 518 g/mol. The van der Waals surface area contributed by atoms with E-state index in [4.69, 9.17) is 0 Å². The van der Waals surface area contributed by atoms with E-state index in [9.17, 15) is 31.9 Å². The molecule has 8 nitrogen and oxygen atoms in total. The molecule has 3 aromatic rings. The lowest BCUT2D eigenvalue weighted by Gasteiger charge is -2.35. The van der Waals surface area contributed by atoms with Crippen LogP contribution < -0.4 is 10.1 Å². The number of halogens is 4. The van der Waals surface area contributed by atoms with E-state index < -0.39 is 23.8 Å². The molecule has 2 aromatic carbocycles. The fourth-order valence-electron chi connectivity index (χ4n) is 3.89. The molecule has 0 spiro atoms. The maximum atomic E-state index is 13.1. The molecule has 0 radical (unpaired) electrons. The molecular formula is C25H22F4N4O4. The van der Waals surface area contributed by atoms with Crippen LogP contribution in [0.2, 0.25) is 0 Å². The monoisotopic (exact) mass is 518 g/mol. The van der Waals surface area contributed by atoms with Gasteiger partial charge in [-0.15, -0.1) is 13.2 Å². The van der Waals surface area contributed by atoms with Gasteiger partial charge in [0.25, 0.3) is 11.8 Å². The van der Waals surface area contributed by atoms with E-state index >= 15 is 0 Å². The van der Waals surface area contributed by atoms with Gasteiger partial charge in [0.05, 0.1) is 0 Å². The lowest BCUT2D eigenvalue weighted by Crippen LogP contribution is -2.51. The summed E-state index contributed by atoms with van der Waals surface area (Å²) in [6.07, 6.45) is -3.24. The first kappa shape index (κ1) is 25.7. The fourth-order valence-corrected chi connectivity index (χ4v) is 3.89. The number of ether oxygens (including phenoxy) is 1. The summed E-state index contributed by atoms with van der Waals surface area (Å²) in [5, 5.41) is 2.56. The van der Waals surface area contributed by atoms with Crippen LogP contribution in [0.25, 0.3) is 0 Å². The Morgan fingerprint density at radius 2 is 1.43 bits per heavy atom. The molecule has 0 unspecified atom stereocenters. The number of amides is 3. The Balaban J connectivity index is 1.31. The molecule has 12 heteroatoms. The largest absolute Gasteiger partial charge is 0.573 e. The first-order valence-corrected chi connectivity index (χ1v) is 11.2. The van der Waals surface area contributed by atoms with Gasteiger partial charge < -0.3 is 24.4 Å². The van der Waals surface area contributed by atoms with Crippen molar-refractivity contribution < 1.29 is 36.7 Å². The van der Waals surface area contributed by atoms with Crippen LogP contribution in [0.1, 0.15) is 20.8 Å². The van der Waals surface area contributed by atoms with Gasteiger partial charge >= 0.3 is 6.36 Å².